The number of nitrogens with zero attached hydrogens (tertiary/aromatic N) is 1. The van der Waals surface area contributed by atoms with Gasteiger partial charge >= 0.3 is 0 Å². The first-order valence-electron chi connectivity index (χ1n) is 8.98. The first-order chi connectivity index (χ1) is 14.0. The molecule has 3 aromatic rings. The molecule has 0 radical (unpaired) electrons. The maximum Gasteiger partial charge on any atom is 0.224 e. The first kappa shape index (κ1) is 20.3. The third-order valence-electron chi connectivity index (χ3n) is 4.22. The van der Waals surface area contributed by atoms with Gasteiger partial charge in [-0.2, -0.15) is 0 Å². The lowest BCUT2D eigenvalue weighted by Crippen LogP contribution is -2.12. The number of benzene rings is 2. The highest BCUT2D eigenvalue weighted by Crippen LogP contribution is 2.31. The van der Waals surface area contributed by atoms with Crippen molar-refractivity contribution in [3.05, 3.63) is 83.7 Å². The van der Waals surface area contributed by atoms with Crippen LogP contribution in [0.5, 0.6) is 11.5 Å². The van der Waals surface area contributed by atoms with Gasteiger partial charge in [0.2, 0.25) is 5.91 Å². The summed E-state index contributed by atoms with van der Waals surface area (Å²) in [5.74, 6) is -1.05. The lowest BCUT2D eigenvalue weighted by Gasteiger charge is -2.13. The molecule has 0 unspecified atom stereocenters. The Morgan fingerprint density at radius 2 is 1.76 bits per heavy atom. The number of aryl methyl sites for hydroxylation is 1. The van der Waals surface area contributed by atoms with E-state index in [-0.39, 0.29) is 12.3 Å². The number of carbonyl (C=O) groups is 1. The largest absolute Gasteiger partial charge is 0.493 e. The second-order valence-corrected chi connectivity index (χ2v) is 6.31. The van der Waals surface area contributed by atoms with Crippen molar-refractivity contribution in [1.29, 1.82) is 0 Å². The van der Waals surface area contributed by atoms with E-state index < -0.39 is 11.6 Å². The number of carbonyl (C=O) groups excluding carboxylic acids is 1. The molecule has 0 saturated heterocycles. The third kappa shape index (κ3) is 5.75. The number of anilines is 1. The number of hydrogen-bond donors (Lipinski definition) is 1. The smallest absolute Gasteiger partial charge is 0.224 e. The molecule has 7 heteroatoms. The van der Waals surface area contributed by atoms with Gasteiger partial charge in [-0.1, -0.05) is 6.07 Å². The number of pyridine rings is 1. The van der Waals surface area contributed by atoms with Gasteiger partial charge in [-0.25, -0.2) is 8.78 Å². The molecule has 0 aliphatic heterocycles. The lowest BCUT2D eigenvalue weighted by atomic mass is 10.1. The molecular formula is C22H20F2N2O3. The summed E-state index contributed by atoms with van der Waals surface area (Å²) in [5.41, 5.74) is 2.05. The van der Waals surface area contributed by atoms with E-state index in [9.17, 15) is 13.6 Å². The molecular weight excluding hydrogens is 378 g/mol. The minimum atomic E-state index is -0.922. The molecule has 5 nitrogen and oxygen atoms in total. The van der Waals surface area contributed by atoms with E-state index in [0.717, 1.165) is 17.7 Å². The van der Waals surface area contributed by atoms with Crippen LogP contribution < -0.4 is 14.8 Å². The number of methoxy groups -OCH3 is 1. The van der Waals surface area contributed by atoms with Crippen LogP contribution in [0.2, 0.25) is 0 Å². The van der Waals surface area contributed by atoms with Crippen molar-refractivity contribution >= 4 is 11.6 Å². The summed E-state index contributed by atoms with van der Waals surface area (Å²) in [6.45, 7) is 0.326. The summed E-state index contributed by atoms with van der Waals surface area (Å²) in [6.07, 6.45) is 3.79. The Balaban J connectivity index is 1.60. The number of halogens is 2. The number of nitrogens with one attached hydrogen (secondary N) is 1. The molecule has 0 atom stereocenters. The van der Waals surface area contributed by atoms with E-state index in [1.807, 2.05) is 12.1 Å². The molecule has 1 N–H and O–H groups in total. The fraction of sp³-hybridized carbons (Fsp3) is 0.182. The highest BCUT2D eigenvalue weighted by atomic mass is 19.2. The predicted molar refractivity (Wildman–Crippen MR) is 105 cm³/mol. The number of amides is 1. The summed E-state index contributed by atoms with van der Waals surface area (Å²) in [4.78, 5) is 16.2. The van der Waals surface area contributed by atoms with E-state index in [1.165, 1.54) is 13.2 Å². The average molecular weight is 398 g/mol. The molecule has 150 valence electrons. The van der Waals surface area contributed by atoms with Crippen LogP contribution in [0.25, 0.3) is 0 Å². The Labute approximate surface area is 167 Å². The van der Waals surface area contributed by atoms with Gasteiger partial charge in [-0.15, -0.1) is 0 Å². The molecule has 0 aliphatic rings. The highest BCUT2D eigenvalue weighted by molar-refractivity contribution is 5.91. The zero-order valence-electron chi connectivity index (χ0n) is 15.8. The minimum absolute atomic E-state index is 0.129. The van der Waals surface area contributed by atoms with E-state index >= 15 is 0 Å². The molecule has 0 fully saturated rings. The Bertz CT molecular complexity index is 981. The van der Waals surface area contributed by atoms with Crippen LogP contribution in [0.3, 0.4) is 0 Å². The van der Waals surface area contributed by atoms with Crippen molar-refractivity contribution in [3.8, 4) is 11.5 Å². The fourth-order valence-corrected chi connectivity index (χ4v) is 2.68. The maximum atomic E-state index is 13.3. The Hall–Kier alpha value is -3.48. The van der Waals surface area contributed by atoms with Gasteiger partial charge in [-0.05, 0) is 53.9 Å². The van der Waals surface area contributed by atoms with Crippen LogP contribution in [0.15, 0.2) is 60.9 Å². The van der Waals surface area contributed by atoms with Crippen molar-refractivity contribution in [3.63, 3.8) is 0 Å². The van der Waals surface area contributed by atoms with Gasteiger partial charge in [0.1, 0.15) is 6.61 Å². The van der Waals surface area contributed by atoms with Gasteiger partial charge < -0.3 is 14.8 Å². The topological polar surface area (TPSA) is 60.5 Å². The summed E-state index contributed by atoms with van der Waals surface area (Å²) < 4.78 is 37.3. The Morgan fingerprint density at radius 1 is 0.966 bits per heavy atom. The number of hydrogen-bond acceptors (Lipinski definition) is 4. The van der Waals surface area contributed by atoms with E-state index in [0.29, 0.717) is 35.8 Å². The van der Waals surface area contributed by atoms with E-state index in [1.54, 1.807) is 30.6 Å². The second kappa shape index (κ2) is 9.64. The van der Waals surface area contributed by atoms with Crippen LogP contribution >= 0.6 is 0 Å². The van der Waals surface area contributed by atoms with Gasteiger partial charge in [-0.3, -0.25) is 9.78 Å². The quantitative estimate of drug-likeness (QED) is 0.606. The third-order valence-corrected chi connectivity index (χ3v) is 4.22. The molecule has 1 amide bonds. The van der Waals surface area contributed by atoms with Crippen LogP contribution in [0, 0.1) is 11.6 Å². The molecule has 0 saturated carbocycles. The first-order valence-corrected chi connectivity index (χ1v) is 8.98. The Morgan fingerprint density at radius 3 is 2.48 bits per heavy atom. The molecule has 1 heterocycles. The van der Waals surface area contributed by atoms with E-state index in [2.05, 4.69) is 10.3 Å². The van der Waals surface area contributed by atoms with Gasteiger partial charge in [0, 0.05) is 30.6 Å². The number of rotatable bonds is 8. The predicted octanol–water partition coefficient (Wildman–Crippen LogP) is 4.52. The molecule has 0 bridgehead atoms. The molecule has 0 spiro atoms. The van der Waals surface area contributed by atoms with Gasteiger partial charge in [0.15, 0.2) is 23.1 Å². The average Bonchev–Trinajstić information content (AvgIpc) is 2.74. The van der Waals surface area contributed by atoms with Crippen molar-refractivity contribution < 1.29 is 23.0 Å². The number of ether oxygens (including phenoxy) is 2. The van der Waals surface area contributed by atoms with Crippen LogP contribution in [-0.2, 0) is 17.8 Å². The van der Waals surface area contributed by atoms with Crippen LogP contribution in [0.1, 0.15) is 17.5 Å². The highest BCUT2D eigenvalue weighted by Gasteiger charge is 2.10. The summed E-state index contributed by atoms with van der Waals surface area (Å²) in [7, 11) is 1.54. The molecule has 3 rings (SSSR count). The normalized spacial score (nSPS) is 10.4. The van der Waals surface area contributed by atoms with Crippen molar-refractivity contribution in [2.45, 2.75) is 19.4 Å². The summed E-state index contributed by atoms with van der Waals surface area (Å²) in [5, 5.41) is 2.78. The van der Waals surface area contributed by atoms with Crippen LogP contribution in [-0.4, -0.2) is 18.0 Å². The maximum absolute atomic E-state index is 13.3. The summed E-state index contributed by atoms with van der Waals surface area (Å²) >= 11 is 0. The monoisotopic (exact) mass is 398 g/mol. The molecule has 29 heavy (non-hydrogen) atoms. The Kier molecular flexibility index (Phi) is 6.73. The van der Waals surface area contributed by atoms with Crippen molar-refractivity contribution in [2.24, 2.45) is 0 Å². The SMILES string of the molecule is COc1ccc(NC(=O)CCc2ccc(F)c(F)c2)cc1OCc1ccncc1. The van der Waals surface area contributed by atoms with Crippen molar-refractivity contribution in [2.75, 3.05) is 12.4 Å². The standard InChI is InChI=1S/C22H20F2N2O3/c1-28-20-6-4-17(13-21(20)29-14-16-8-10-25-11-9-16)26-22(27)7-3-15-2-5-18(23)19(24)12-15/h2,4-6,8-13H,3,7,14H2,1H3,(H,26,27). The zero-order chi connectivity index (χ0) is 20.6. The molecule has 1 aromatic heterocycles. The van der Waals surface area contributed by atoms with Gasteiger partial charge in [0.05, 0.1) is 7.11 Å². The van der Waals surface area contributed by atoms with Crippen molar-refractivity contribution in [1.82, 2.24) is 4.98 Å². The van der Waals surface area contributed by atoms with Crippen LogP contribution in [0.4, 0.5) is 14.5 Å². The summed E-state index contributed by atoms with van der Waals surface area (Å²) in [6, 6.07) is 12.4. The second-order valence-electron chi connectivity index (χ2n) is 6.31. The number of aromatic nitrogens is 1. The van der Waals surface area contributed by atoms with E-state index in [4.69, 9.17) is 9.47 Å². The fourth-order valence-electron chi connectivity index (χ4n) is 2.68. The molecule has 2 aromatic carbocycles. The lowest BCUT2D eigenvalue weighted by molar-refractivity contribution is -0.116. The zero-order valence-corrected chi connectivity index (χ0v) is 15.8. The molecule has 0 aliphatic carbocycles. The minimum Gasteiger partial charge on any atom is -0.493 e. The van der Waals surface area contributed by atoms with Gasteiger partial charge in [0.25, 0.3) is 0 Å².